The van der Waals surface area contributed by atoms with Gasteiger partial charge < -0.3 is 19.8 Å². The summed E-state index contributed by atoms with van der Waals surface area (Å²) < 4.78 is 0. The molecule has 0 fully saturated rings. The van der Waals surface area contributed by atoms with Crippen LogP contribution in [0.2, 0.25) is 0 Å². The van der Waals surface area contributed by atoms with Gasteiger partial charge in [-0.3, -0.25) is 4.98 Å². The van der Waals surface area contributed by atoms with Crippen LogP contribution in [0.5, 0.6) is 0 Å². The van der Waals surface area contributed by atoms with Crippen LogP contribution < -0.4 is 10.2 Å². The number of pyridine rings is 1. The van der Waals surface area contributed by atoms with Crippen LogP contribution in [-0.2, 0) is 29.1 Å². The van der Waals surface area contributed by atoms with Crippen molar-refractivity contribution in [3.63, 3.8) is 0 Å². The summed E-state index contributed by atoms with van der Waals surface area (Å²) in [5, 5.41) is 20.4. The molecular formula is C47H79NO4Zn. The summed E-state index contributed by atoms with van der Waals surface area (Å²) in [6.07, 6.45) is 41.5. The Balaban J connectivity index is 0. The molecule has 53 heavy (non-hydrogen) atoms. The van der Waals surface area contributed by atoms with E-state index in [1.807, 2.05) is 42.6 Å². The van der Waals surface area contributed by atoms with Gasteiger partial charge in [-0.25, -0.2) is 0 Å². The van der Waals surface area contributed by atoms with Gasteiger partial charge in [0.05, 0.1) is 5.69 Å². The van der Waals surface area contributed by atoms with E-state index in [1.165, 1.54) is 167 Å². The van der Waals surface area contributed by atoms with Crippen molar-refractivity contribution in [2.75, 3.05) is 0 Å². The summed E-state index contributed by atoms with van der Waals surface area (Å²) in [5.41, 5.74) is 2.19. The number of carboxylic acid groups (broad SMARTS) is 2. The molecule has 2 aromatic rings. The first-order valence-electron chi connectivity index (χ1n) is 21.9. The third-order valence-corrected chi connectivity index (χ3v) is 9.70. The minimum Gasteiger partial charge on any atom is -0.550 e. The van der Waals surface area contributed by atoms with Crippen LogP contribution in [0.25, 0.3) is 11.3 Å². The van der Waals surface area contributed by atoms with E-state index in [1.54, 1.807) is 0 Å². The number of rotatable bonds is 33. The second-order valence-corrected chi connectivity index (χ2v) is 14.7. The molecule has 0 aliphatic rings. The number of carbonyl (C=O) groups is 2. The molecule has 1 heterocycles. The van der Waals surface area contributed by atoms with Gasteiger partial charge in [0, 0.05) is 23.7 Å². The standard InChI is InChI=1S/2C18H36O2.C11H9N.Zn/c2*1-2-3-4-5-6-7-8-9-10-11-12-13-14-15-16-17-18(19)20;1-2-6-10(7-3-1)11-8-4-5-9-12-11;/h2*2-17H2,1H3,(H,19,20);1-9H;/q;;;+2/p-2. The van der Waals surface area contributed by atoms with E-state index in [0.29, 0.717) is 0 Å². The molecule has 298 valence electrons. The maximum atomic E-state index is 10.2. The molecule has 1 aromatic heterocycles. The van der Waals surface area contributed by atoms with Gasteiger partial charge in [0.15, 0.2) is 0 Å². The Hall–Kier alpha value is -2.07. The zero-order chi connectivity index (χ0) is 38.0. The molecule has 1 aromatic carbocycles. The van der Waals surface area contributed by atoms with Gasteiger partial charge in [0.1, 0.15) is 0 Å². The fourth-order valence-corrected chi connectivity index (χ4v) is 6.42. The maximum absolute atomic E-state index is 10.2. The average molecular weight is 788 g/mol. The van der Waals surface area contributed by atoms with Crippen molar-refractivity contribution in [3.8, 4) is 11.3 Å². The number of benzene rings is 1. The molecule has 0 radical (unpaired) electrons. The smallest absolute Gasteiger partial charge is 0.550 e. The maximum Gasteiger partial charge on any atom is 2.00 e. The topological polar surface area (TPSA) is 93.1 Å². The zero-order valence-corrected chi connectivity index (χ0v) is 37.6. The molecule has 0 unspecified atom stereocenters. The first-order valence-corrected chi connectivity index (χ1v) is 21.9. The van der Waals surface area contributed by atoms with Crippen molar-refractivity contribution in [3.05, 3.63) is 54.7 Å². The molecule has 0 aliphatic heterocycles. The molecule has 6 heteroatoms. The van der Waals surface area contributed by atoms with Gasteiger partial charge >= 0.3 is 19.5 Å². The summed E-state index contributed by atoms with van der Waals surface area (Å²) in [5.74, 6) is -1.81. The number of nitrogens with zero attached hydrogens (tertiary/aromatic N) is 1. The fraction of sp³-hybridized carbons (Fsp3) is 0.723. The number of aromatic nitrogens is 1. The van der Waals surface area contributed by atoms with E-state index in [4.69, 9.17) is 0 Å². The Kier molecular flexibility index (Phi) is 44.4. The van der Waals surface area contributed by atoms with Gasteiger partial charge in [-0.05, 0) is 37.8 Å². The van der Waals surface area contributed by atoms with Crippen LogP contribution in [0.15, 0.2) is 54.7 Å². The fourth-order valence-electron chi connectivity index (χ4n) is 6.42. The molecule has 0 saturated heterocycles. The Morgan fingerprint density at radius 1 is 0.415 bits per heavy atom. The van der Waals surface area contributed by atoms with Gasteiger partial charge in [0.25, 0.3) is 0 Å². The minimum absolute atomic E-state index is 0. The second kappa shape index (κ2) is 44.3. The van der Waals surface area contributed by atoms with E-state index in [2.05, 4.69) is 31.0 Å². The van der Waals surface area contributed by atoms with Crippen LogP contribution in [0, 0.1) is 0 Å². The molecular weight excluding hydrogens is 708 g/mol. The third kappa shape index (κ3) is 42.5. The van der Waals surface area contributed by atoms with E-state index >= 15 is 0 Å². The monoisotopic (exact) mass is 786 g/mol. The van der Waals surface area contributed by atoms with Crippen LogP contribution in [0.1, 0.15) is 219 Å². The van der Waals surface area contributed by atoms with Crippen molar-refractivity contribution >= 4 is 11.9 Å². The van der Waals surface area contributed by atoms with Crippen molar-refractivity contribution in [2.45, 2.75) is 219 Å². The van der Waals surface area contributed by atoms with Gasteiger partial charge in [-0.1, -0.05) is 230 Å². The molecule has 2 rings (SSSR count). The summed E-state index contributed by atoms with van der Waals surface area (Å²) >= 11 is 0. The quantitative estimate of drug-likeness (QED) is 0.0530. The van der Waals surface area contributed by atoms with E-state index in [9.17, 15) is 19.8 Å². The molecule has 0 saturated carbocycles. The first kappa shape index (κ1) is 53.0. The SMILES string of the molecule is CCCCCCCCCCCCCCCCCC(=O)[O-].CCCCCCCCCCCCCCCCCC(=O)[O-].[Zn+2].c1ccc(-c2ccccn2)cc1. The summed E-state index contributed by atoms with van der Waals surface area (Å²) in [7, 11) is 0. The molecule has 0 spiro atoms. The van der Waals surface area contributed by atoms with Crippen molar-refractivity contribution in [1.29, 1.82) is 0 Å². The van der Waals surface area contributed by atoms with Crippen LogP contribution in [0.4, 0.5) is 0 Å². The third-order valence-electron chi connectivity index (χ3n) is 9.70. The number of carboxylic acids is 2. The minimum atomic E-state index is -0.903. The number of hydrogen-bond donors (Lipinski definition) is 0. The predicted octanol–water partition coefficient (Wildman–Crippen LogP) is 12.7. The van der Waals surface area contributed by atoms with Crippen molar-refractivity contribution in [2.24, 2.45) is 0 Å². The molecule has 0 amide bonds. The van der Waals surface area contributed by atoms with E-state index in [0.717, 1.165) is 36.9 Å². The summed E-state index contributed by atoms with van der Waals surface area (Å²) in [6.45, 7) is 4.53. The van der Waals surface area contributed by atoms with E-state index < -0.39 is 11.9 Å². The number of carbonyl (C=O) groups excluding carboxylic acids is 2. The van der Waals surface area contributed by atoms with Crippen molar-refractivity contribution in [1.82, 2.24) is 4.98 Å². The van der Waals surface area contributed by atoms with Gasteiger partial charge in [-0.15, -0.1) is 0 Å². The molecule has 0 bridgehead atoms. The molecule has 0 atom stereocenters. The Labute approximate surface area is 340 Å². The Morgan fingerprint density at radius 3 is 0.962 bits per heavy atom. The summed E-state index contributed by atoms with van der Waals surface area (Å²) in [6, 6.07) is 16.1. The second-order valence-electron chi connectivity index (χ2n) is 14.7. The Morgan fingerprint density at radius 2 is 0.698 bits per heavy atom. The average Bonchev–Trinajstić information content (AvgIpc) is 3.16. The number of hydrogen-bond acceptors (Lipinski definition) is 5. The largest absolute Gasteiger partial charge is 2.00 e. The molecule has 5 nitrogen and oxygen atoms in total. The van der Waals surface area contributed by atoms with Crippen LogP contribution >= 0.6 is 0 Å². The van der Waals surface area contributed by atoms with Gasteiger partial charge in [-0.2, -0.15) is 0 Å². The predicted molar refractivity (Wildman–Crippen MR) is 219 cm³/mol. The van der Waals surface area contributed by atoms with E-state index in [-0.39, 0.29) is 32.3 Å². The first-order chi connectivity index (χ1) is 25.5. The molecule has 0 N–H and O–H groups in total. The normalized spacial score (nSPS) is 10.4. The summed E-state index contributed by atoms with van der Waals surface area (Å²) in [4.78, 5) is 24.7. The number of aliphatic carboxylic acids is 2. The van der Waals surface area contributed by atoms with Crippen LogP contribution in [0.3, 0.4) is 0 Å². The van der Waals surface area contributed by atoms with Crippen LogP contribution in [-0.4, -0.2) is 16.9 Å². The number of unbranched alkanes of at least 4 members (excludes halogenated alkanes) is 28. The van der Waals surface area contributed by atoms with Crippen molar-refractivity contribution < 1.29 is 39.3 Å². The Bertz CT molecular complexity index is 923. The molecule has 0 aliphatic carbocycles. The van der Waals surface area contributed by atoms with Gasteiger partial charge in [0.2, 0.25) is 0 Å². The zero-order valence-electron chi connectivity index (χ0n) is 34.6.